The maximum absolute atomic E-state index is 13.0. The zero-order valence-electron chi connectivity index (χ0n) is 21.4. The first-order valence-corrected chi connectivity index (χ1v) is 11.2. The van der Waals surface area contributed by atoms with Crippen LogP contribution in [-0.2, 0) is 11.2 Å². The van der Waals surface area contributed by atoms with E-state index in [0.29, 0.717) is 46.6 Å². The lowest BCUT2D eigenvalue weighted by molar-refractivity contribution is -0.124. The largest absolute Gasteiger partial charge is 0.496 e. The average molecular weight is 485 g/mol. The first-order valence-electron chi connectivity index (χ1n) is 11.2. The lowest BCUT2D eigenvalue weighted by Gasteiger charge is -2.40. The lowest BCUT2D eigenvalue weighted by atomic mass is 9.82. The Labute approximate surface area is 205 Å². The Morgan fingerprint density at radius 1 is 0.800 bits per heavy atom. The van der Waals surface area contributed by atoms with Crippen molar-refractivity contribution in [3.05, 3.63) is 39.6 Å². The van der Waals surface area contributed by atoms with Crippen molar-refractivity contribution in [2.24, 2.45) is 0 Å². The van der Waals surface area contributed by atoms with E-state index in [1.54, 1.807) is 42.7 Å². The summed E-state index contributed by atoms with van der Waals surface area (Å²) in [6, 6.07) is 1.04. The van der Waals surface area contributed by atoms with Crippen LogP contribution in [0.4, 0.5) is 0 Å². The van der Waals surface area contributed by atoms with Crippen LogP contribution in [-0.4, -0.2) is 54.6 Å². The average Bonchev–Trinajstić information content (AvgIpc) is 2.86. The molecule has 1 amide bonds. The Morgan fingerprint density at radius 3 is 1.97 bits per heavy atom. The number of rotatable bonds is 7. The van der Waals surface area contributed by atoms with Crippen molar-refractivity contribution in [3.8, 4) is 34.5 Å². The minimum Gasteiger partial charge on any atom is -0.496 e. The summed E-state index contributed by atoms with van der Waals surface area (Å²) in [6.45, 7) is 3.82. The summed E-state index contributed by atoms with van der Waals surface area (Å²) in [6.07, 6.45) is 2.35. The van der Waals surface area contributed by atoms with E-state index in [2.05, 4.69) is 10.6 Å². The van der Waals surface area contributed by atoms with E-state index in [1.165, 1.54) is 0 Å². The Morgan fingerprint density at radius 2 is 1.40 bits per heavy atom. The molecule has 1 saturated heterocycles. The van der Waals surface area contributed by atoms with Crippen molar-refractivity contribution in [1.29, 1.82) is 0 Å². The van der Waals surface area contributed by atoms with Gasteiger partial charge < -0.3 is 33.7 Å². The minimum absolute atomic E-state index is 0.121. The summed E-state index contributed by atoms with van der Waals surface area (Å²) in [7, 11) is 9.61. The molecule has 2 aromatic rings. The van der Waals surface area contributed by atoms with Gasteiger partial charge in [-0.1, -0.05) is 0 Å². The van der Waals surface area contributed by atoms with Crippen LogP contribution in [0.3, 0.4) is 0 Å². The van der Waals surface area contributed by atoms with Crippen molar-refractivity contribution in [3.63, 3.8) is 0 Å². The van der Waals surface area contributed by atoms with Crippen LogP contribution in [0.1, 0.15) is 33.9 Å². The highest BCUT2D eigenvalue weighted by Crippen LogP contribution is 2.51. The van der Waals surface area contributed by atoms with Crippen molar-refractivity contribution in [2.45, 2.75) is 32.4 Å². The number of hydrogen-bond acceptors (Lipinski definition) is 8. The van der Waals surface area contributed by atoms with Gasteiger partial charge in [-0.15, -0.1) is 0 Å². The zero-order chi connectivity index (χ0) is 25.4. The van der Waals surface area contributed by atoms with Gasteiger partial charge in [0.25, 0.3) is 0 Å². The molecule has 2 atom stereocenters. The van der Waals surface area contributed by atoms with E-state index in [1.807, 2.05) is 26.0 Å². The molecule has 35 heavy (non-hydrogen) atoms. The van der Waals surface area contributed by atoms with Gasteiger partial charge in [0.15, 0.2) is 23.0 Å². The Bertz CT molecular complexity index is 1210. The van der Waals surface area contributed by atoms with E-state index in [0.717, 1.165) is 27.8 Å². The minimum atomic E-state index is -0.412. The lowest BCUT2D eigenvalue weighted by Crippen LogP contribution is -2.56. The van der Waals surface area contributed by atoms with Gasteiger partial charge >= 0.3 is 0 Å². The fourth-order valence-corrected chi connectivity index (χ4v) is 5.22. The third-order valence-electron chi connectivity index (χ3n) is 6.70. The summed E-state index contributed by atoms with van der Waals surface area (Å²) >= 11 is 0. The molecule has 2 bridgehead atoms. The van der Waals surface area contributed by atoms with Gasteiger partial charge in [-0.05, 0) is 26.0 Å². The van der Waals surface area contributed by atoms with Crippen molar-refractivity contribution >= 4 is 12.0 Å². The number of fused-ring (bicyclic) bond motifs is 4. The molecule has 2 aromatic carbocycles. The molecule has 2 N–H and O–H groups in total. The van der Waals surface area contributed by atoms with Crippen LogP contribution in [0.5, 0.6) is 34.5 Å². The van der Waals surface area contributed by atoms with Crippen molar-refractivity contribution < 1.29 is 33.2 Å². The highest BCUT2D eigenvalue weighted by atomic mass is 16.5. The number of ether oxygens (including phenoxy) is 6. The molecule has 0 radical (unpaired) electrons. The second kappa shape index (κ2) is 9.58. The number of carbonyl (C=O) groups excluding carboxylic acids is 1. The quantitative estimate of drug-likeness (QED) is 0.619. The Kier molecular flexibility index (Phi) is 6.71. The third kappa shape index (κ3) is 3.80. The number of nitrogens with one attached hydrogen (secondary N) is 2. The number of amides is 1. The second-order valence-corrected chi connectivity index (χ2v) is 8.42. The Hall–Kier alpha value is -3.59. The predicted octanol–water partition coefficient (Wildman–Crippen LogP) is 3.08. The maximum Gasteiger partial charge on any atom is 0.241 e. The van der Waals surface area contributed by atoms with E-state index >= 15 is 0 Å². The molecular formula is C26H32N2O7. The van der Waals surface area contributed by atoms with Crippen molar-refractivity contribution in [2.75, 3.05) is 42.7 Å². The summed E-state index contributed by atoms with van der Waals surface area (Å²) < 4.78 is 34.1. The second-order valence-electron chi connectivity index (χ2n) is 8.42. The summed E-state index contributed by atoms with van der Waals surface area (Å²) in [5, 5.41) is 6.54. The van der Waals surface area contributed by atoms with Crippen LogP contribution in [0, 0.1) is 13.8 Å². The number of methoxy groups -OCH3 is 6. The number of piperazine rings is 1. The van der Waals surface area contributed by atoms with Gasteiger partial charge in [0.1, 0.15) is 11.5 Å². The first kappa shape index (κ1) is 24.5. The monoisotopic (exact) mass is 484 g/mol. The molecule has 9 nitrogen and oxygen atoms in total. The SMILES string of the molecule is COc1cc(/C=C2\NC(=O)[C@H]3Cc4c(OC)c(C)c(OC)c(OC)c4[C@@H]2N3)c(OC)c(C)c1OC. The summed E-state index contributed by atoms with van der Waals surface area (Å²) in [4.78, 5) is 13.0. The normalized spacial score (nSPS) is 19.5. The molecule has 0 aromatic heterocycles. The van der Waals surface area contributed by atoms with Crippen LogP contribution in [0.15, 0.2) is 11.8 Å². The molecule has 4 rings (SSSR count). The smallest absolute Gasteiger partial charge is 0.241 e. The van der Waals surface area contributed by atoms with E-state index in [-0.39, 0.29) is 11.9 Å². The molecule has 1 fully saturated rings. The van der Waals surface area contributed by atoms with E-state index < -0.39 is 6.04 Å². The van der Waals surface area contributed by atoms with Gasteiger partial charge in [0.2, 0.25) is 5.91 Å². The molecule has 0 spiro atoms. The molecular weight excluding hydrogens is 452 g/mol. The fourth-order valence-electron chi connectivity index (χ4n) is 5.22. The van der Waals surface area contributed by atoms with Crippen LogP contribution in [0.25, 0.3) is 6.08 Å². The molecule has 188 valence electrons. The standard InChI is InChI=1S/C26H32N2O7/c1-12-21(31-4)14(10-18(30-3)23(12)33-6)9-16-20-19-15(11-17(27-20)26(29)28-16)22(32-5)13(2)24(34-7)25(19)35-8/h9-10,17,20,27H,11H2,1-8H3,(H,28,29)/b16-9-/t17-,20-/m1/s1. The van der Waals surface area contributed by atoms with Gasteiger partial charge in [-0.3, -0.25) is 10.1 Å². The van der Waals surface area contributed by atoms with Gasteiger partial charge in [0.05, 0.1) is 54.7 Å². The molecule has 0 saturated carbocycles. The zero-order valence-corrected chi connectivity index (χ0v) is 21.4. The highest BCUT2D eigenvalue weighted by Gasteiger charge is 2.43. The van der Waals surface area contributed by atoms with E-state index in [9.17, 15) is 4.79 Å². The molecule has 2 aliphatic heterocycles. The van der Waals surface area contributed by atoms with Gasteiger partial charge in [0, 0.05) is 39.9 Å². The third-order valence-corrected chi connectivity index (χ3v) is 6.70. The van der Waals surface area contributed by atoms with E-state index in [4.69, 9.17) is 28.4 Å². The maximum atomic E-state index is 13.0. The summed E-state index contributed by atoms with van der Waals surface area (Å²) in [5.41, 5.74) is 4.78. The summed E-state index contributed by atoms with van der Waals surface area (Å²) in [5.74, 6) is 3.55. The molecule has 2 aliphatic rings. The van der Waals surface area contributed by atoms with Crippen molar-refractivity contribution in [1.82, 2.24) is 10.6 Å². The predicted molar refractivity (Wildman–Crippen MR) is 131 cm³/mol. The van der Waals surface area contributed by atoms with Crippen LogP contribution >= 0.6 is 0 Å². The van der Waals surface area contributed by atoms with Gasteiger partial charge in [-0.25, -0.2) is 0 Å². The molecule has 0 aliphatic carbocycles. The molecule has 0 unspecified atom stereocenters. The van der Waals surface area contributed by atoms with Crippen LogP contribution < -0.4 is 39.1 Å². The fraction of sp³-hybridized carbons (Fsp3) is 0.423. The van der Waals surface area contributed by atoms with Gasteiger partial charge in [-0.2, -0.15) is 0 Å². The number of carbonyl (C=O) groups is 1. The number of benzene rings is 2. The molecule has 9 heteroatoms. The topological polar surface area (TPSA) is 96.5 Å². The van der Waals surface area contributed by atoms with Crippen LogP contribution in [0.2, 0.25) is 0 Å². The first-order chi connectivity index (χ1) is 16.8. The number of hydrogen-bond donors (Lipinski definition) is 2. The molecule has 2 heterocycles. The Balaban J connectivity index is 1.98. The highest BCUT2D eigenvalue weighted by molar-refractivity contribution is 5.89.